The van der Waals surface area contributed by atoms with Crippen molar-refractivity contribution in [2.75, 3.05) is 0 Å². The summed E-state index contributed by atoms with van der Waals surface area (Å²) in [4.78, 5) is 12.2. The maximum absolute atomic E-state index is 12.2. The Morgan fingerprint density at radius 2 is 1.88 bits per heavy atom. The van der Waals surface area contributed by atoms with Gasteiger partial charge in [0.2, 0.25) is 0 Å². The zero-order valence-electron chi connectivity index (χ0n) is 11.2. The molecule has 1 heterocycles. The molecule has 3 heteroatoms. The van der Waals surface area contributed by atoms with Crippen molar-refractivity contribution in [3.8, 4) is 0 Å². The SMILES string of the molecule is CCCCn1[nH]c(CC)c(C(C)(C)C)c1=O. The van der Waals surface area contributed by atoms with E-state index < -0.39 is 0 Å². The third kappa shape index (κ3) is 2.57. The molecule has 0 bridgehead atoms. The lowest BCUT2D eigenvalue weighted by Gasteiger charge is -2.16. The molecule has 0 unspecified atom stereocenters. The van der Waals surface area contributed by atoms with Gasteiger partial charge < -0.3 is 0 Å². The molecular formula is C13H24N2O. The Morgan fingerprint density at radius 3 is 2.25 bits per heavy atom. The summed E-state index contributed by atoms with van der Waals surface area (Å²) >= 11 is 0. The fraction of sp³-hybridized carbons (Fsp3) is 0.769. The van der Waals surface area contributed by atoms with Crippen molar-refractivity contribution in [3.63, 3.8) is 0 Å². The number of aromatic amines is 1. The van der Waals surface area contributed by atoms with Crippen LogP contribution in [0.15, 0.2) is 4.79 Å². The summed E-state index contributed by atoms with van der Waals surface area (Å²) in [5.41, 5.74) is 2.13. The molecule has 1 rings (SSSR count). The minimum absolute atomic E-state index is 0.0730. The Labute approximate surface area is 97.8 Å². The van der Waals surface area contributed by atoms with Gasteiger partial charge in [-0.15, -0.1) is 0 Å². The van der Waals surface area contributed by atoms with Gasteiger partial charge in [-0.05, 0) is 18.3 Å². The predicted molar refractivity (Wildman–Crippen MR) is 68.0 cm³/mol. The van der Waals surface area contributed by atoms with Crippen LogP contribution >= 0.6 is 0 Å². The van der Waals surface area contributed by atoms with Gasteiger partial charge in [-0.1, -0.05) is 41.0 Å². The van der Waals surface area contributed by atoms with Crippen LogP contribution in [0.3, 0.4) is 0 Å². The lowest BCUT2D eigenvalue weighted by Crippen LogP contribution is -2.26. The molecule has 0 radical (unpaired) electrons. The van der Waals surface area contributed by atoms with Crippen molar-refractivity contribution in [2.45, 2.75) is 65.8 Å². The number of aromatic nitrogens is 2. The van der Waals surface area contributed by atoms with Crippen LogP contribution in [0.25, 0.3) is 0 Å². The molecule has 16 heavy (non-hydrogen) atoms. The topological polar surface area (TPSA) is 37.8 Å². The van der Waals surface area contributed by atoms with E-state index in [0.29, 0.717) is 0 Å². The highest BCUT2D eigenvalue weighted by Gasteiger charge is 2.24. The highest BCUT2D eigenvalue weighted by Crippen LogP contribution is 2.22. The van der Waals surface area contributed by atoms with Crippen LogP contribution in [0.5, 0.6) is 0 Å². The van der Waals surface area contributed by atoms with E-state index in [9.17, 15) is 4.79 Å². The van der Waals surface area contributed by atoms with Crippen LogP contribution < -0.4 is 5.56 Å². The lowest BCUT2D eigenvalue weighted by molar-refractivity contribution is 0.544. The average Bonchev–Trinajstić information content (AvgIpc) is 2.51. The summed E-state index contributed by atoms with van der Waals surface area (Å²) in [6, 6.07) is 0. The fourth-order valence-electron chi connectivity index (χ4n) is 2.04. The van der Waals surface area contributed by atoms with Crippen molar-refractivity contribution in [1.82, 2.24) is 9.78 Å². The molecule has 0 amide bonds. The molecular weight excluding hydrogens is 200 g/mol. The second kappa shape index (κ2) is 4.89. The maximum Gasteiger partial charge on any atom is 0.270 e. The van der Waals surface area contributed by atoms with Crippen LogP contribution in [0, 0.1) is 0 Å². The van der Waals surface area contributed by atoms with Crippen LogP contribution in [0.1, 0.15) is 58.7 Å². The quantitative estimate of drug-likeness (QED) is 0.839. The van der Waals surface area contributed by atoms with Gasteiger partial charge in [-0.2, -0.15) is 0 Å². The number of nitrogens with zero attached hydrogens (tertiary/aromatic N) is 1. The van der Waals surface area contributed by atoms with Gasteiger partial charge in [0.15, 0.2) is 0 Å². The largest absolute Gasteiger partial charge is 0.299 e. The molecule has 1 aromatic heterocycles. The molecule has 0 aromatic carbocycles. The molecule has 0 aliphatic carbocycles. The smallest absolute Gasteiger partial charge is 0.270 e. The van der Waals surface area contributed by atoms with Gasteiger partial charge in [-0.25, -0.2) is 0 Å². The second-order valence-electron chi connectivity index (χ2n) is 5.38. The Morgan fingerprint density at radius 1 is 1.25 bits per heavy atom. The Bertz CT molecular complexity index is 393. The third-order valence-corrected chi connectivity index (χ3v) is 2.87. The number of nitrogens with one attached hydrogen (secondary N) is 1. The van der Waals surface area contributed by atoms with Crippen LogP contribution in [0.2, 0.25) is 0 Å². The second-order valence-corrected chi connectivity index (χ2v) is 5.38. The number of rotatable bonds is 4. The van der Waals surface area contributed by atoms with Crippen LogP contribution in [-0.4, -0.2) is 9.78 Å². The van der Waals surface area contributed by atoms with E-state index in [1.807, 2.05) is 0 Å². The summed E-state index contributed by atoms with van der Waals surface area (Å²) in [5.74, 6) is 0. The van der Waals surface area contributed by atoms with Gasteiger partial charge in [0.1, 0.15) is 0 Å². The number of H-pyrrole nitrogens is 1. The molecule has 92 valence electrons. The first-order chi connectivity index (χ1) is 7.41. The van der Waals surface area contributed by atoms with Gasteiger partial charge >= 0.3 is 0 Å². The van der Waals surface area contributed by atoms with E-state index in [-0.39, 0.29) is 11.0 Å². The normalized spacial score (nSPS) is 12.1. The summed E-state index contributed by atoms with van der Waals surface area (Å²) < 4.78 is 1.77. The van der Waals surface area contributed by atoms with E-state index in [2.05, 4.69) is 39.7 Å². The lowest BCUT2D eigenvalue weighted by atomic mass is 9.86. The monoisotopic (exact) mass is 224 g/mol. The molecule has 0 spiro atoms. The van der Waals surface area contributed by atoms with Crippen molar-refractivity contribution < 1.29 is 0 Å². The van der Waals surface area contributed by atoms with Gasteiger partial charge in [0.25, 0.3) is 5.56 Å². The summed E-state index contributed by atoms with van der Waals surface area (Å²) in [6.45, 7) is 11.3. The molecule has 1 aromatic rings. The summed E-state index contributed by atoms with van der Waals surface area (Å²) in [6.07, 6.45) is 3.05. The van der Waals surface area contributed by atoms with E-state index in [1.165, 1.54) is 0 Å². The molecule has 1 N–H and O–H groups in total. The average molecular weight is 224 g/mol. The molecule has 0 atom stereocenters. The Balaban J connectivity index is 3.17. The molecule has 3 nitrogen and oxygen atoms in total. The molecule has 0 aliphatic heterocycles. The van der Waals surface area contributed by atoms with Gasteiger partial charge in [0.05, 0.1) is 0 Å². The molecule has 0 fully saturated rings. The number of unbranched alkanes of at least 4 members (excludes halogenated alkanes) is 1. The first-order valence-corrected chi connectivity index (χ1v) is 6.24. The highest BCUT2D eigenvalue weighted by atomic mass is 16.1. The summed E-state index contributed by atoms with van der Waals surface area (Å²) in [7, 11) is 0. The highest BCUT2D eigenvalue weighted by molar-refractivity contribution is 5.25. The number of hydrogen-bond acceptors (Lipinski definition) is 1. The Kier molecular flexibility index (Phi) is 4.00. The number of aryl methyl sites for hydroxylation is 2. The van der Waals surface area contributed by atoms with Gasteiger partial charge in [-0.3, -0.25) is 14.6 Å². The molecule has 0 aliphatic rings. The van der Waals surface area contributed by atoms with Crippen molar-refractivity contribution >= 4 is 0 Å². The third-order valence-electron chi connectivity index (χ3n) is 2.87. The minimum atomic E-state index is -0.0730. The zero-order chi connectivity index (χ0) is 12.3. The number of hydrogen-bond donors (Lipinski definition) is 1. The van der Waals surface area contributed by atoms with Crippen LogP contribution in [-0.2, 0) is 18.4 Å². The van der Waals surface area contributed by atoms with Crippen molar-refractivity contribution in [3.05, 3.63) is 21.6 Å². The fourth-order valence-corrected chi connectivity index (χ4v) is 2.04. The molecule has 0 saturated carbocycles. The van der Waals surface area contributed by atoms with E-state index in [4.69, 9.17) is 0 Å². The van der Waals surface area contributed by atoms with E-state index in [1.54, 1.807) is 4.68 Å². The standard InChI is InChI=1S/C13H24N2O/c1-6-8-9-15-12(16)11(13(3,4)5)10(7-2)14-15/h14H,6-9H2,1-5H3. The zero-order valence-corrected chi connectivity index (χ0v) is 11.2. The van der Waals surface area contributed by atoms with Crippen molar-refractivity contribution in [2.24, 2.45) is 0 Å². The van der Waals surface area contributed by atoms with E-state index >= 15 is 0 Å². The summed E-state index contributed by atoms with van der Waals surface area (Å²) in [5, 5.41) is 3.25. The minimum Gasteiger partial charge on any atom is -0.299 e. The van der Waals surface area contributed by atoms with Gasteiger partial charge in [0, 0.05) is 17.8 Å². The predicted octanol–water partition coefficient (Wildman–Crippen LogP) is 2.84. The van der Waals surface area contributed by atoms with E-state index in [0.717, 1.165) is 37.1 Å². The first-order valence-electron chi connectivity index (χ1n) is 6.24. The van der Waals surface area contributed by atoms with Crippen LogP contribution in [0.4, 0.5) is 0 Å². The maximum atomic E-state index is 12.2. The van der Waals surface area contributed by atoms with Crippen molar-refractivity contribution in [1.29, 1.82) is 0 Å². The Hall–Kier alpha value is -0.990. The molecule has 0 saturated heterocycles. The first kappa shape index (κ1) is 13.1.